The van der Waals surface area contributed by atoms with Gasteiger partial charge in [0.1, 0.15) is 0 Å². The van der Waals surface area contributed by atoms with Gasteiger partial charge in [-0.1, -0.05) is 18.2 Å². The predicted octanol–water partition coefficient (Wildman–Crippen LogP) is 1.51. The molecule has 3 rings (SSSR count). The summed E-state index contributed by atoms with van der Waals surface area (Å²) < 4.78 is 0. The zero-order valence-electron chi connectivity index (χ0n) is 12.1. The Kier molecular flexibility index (Phi) is 3.75. The Balaban J connectivity index is 1.75. The fraction of sp³-hybridized carbons (Fsp3) is 0.375. The molecule has 1 N–H and O–H groups in total. The van der Waals surface area contributed by atoms with Crippen LogP contribution < -0.4 is 0 Å². The highest BCUT2D eigenvalue weighted by atomic mass is 16.2. The average Bonchev–Trinajstić information content (AvgIpc) is 2.84. The molecule has 21 heavy (non-hydrogen) atoms. The molecule has 0 unspecified atom stereocenters. The molecule has 0 saturated carbocycles. The maximum Gasteiger partial charge on any atom is 0.236 e. The number of benzene rings is 1. The Morgan fingerprint density at radius 2 is 2.10 bits per heavy atom. The van der Waals surface area contributed by atoms with Crippen LogP contribution >= 0.6 is 0 Å². The van der Waals surface area contributed by atoms with Crippen LogP contribution in [0.1, 0.15) is 16.8 Å². The van der Waals surface area contributed by atoms with Crippen molar-refractivity contribution < 1.29 is 9.59 Å². The zero-order valence-corrected chi connectivity index (χ0v) is 12.1. The molecular weight excluding hydrogens is 266 g/mol. The number of likely N-dealkylation sites (N-methyl/N-ethyl adjacent to an activating group) is 1. The van der Waals surface area contributed by atoms with Gasteiger partial charge in [0.05, 0.1) is 13.1 Å². The van der Waals surface area contributed by atoms with Crippen molar-refractivity contribution in [3.05, 3.63) is 36.0 Å². The Hall–Kier alpha value is -2.14. The molecule has 1 saturated heterocycles. The number of para-hydroxylation sites is 1. The van der Waals surface area contributed by atoms with E-state index in [1.807, 2.05) is 36.2 Å². The summed E-state index contributed by atoms with van der Waals surface area (Å²) in [6, 6.07) is 7.77. The van der Waals surface area contributed by atoms with Crippen molar-refractivity contribution in [2.24, 2.45) is 0 Å². The van der Waals surface area contributed by atoms with Crippen molar-refractivity contribution in [2.45, 2.75) is 6.42 Å². The summed E-state index contributed by atoms with van der Waals surface area (Å²) >= 11 is 0. The number of fused-ring (bicyclic) bond motifs is 1. The largest absolute Gasteiger partial charge is 0.360 e. The molecule has 0 spiro atoms. The minimum absolute atomic E-state index is 0.0600. The number of nitrogens with zero attached hydrogens (tertiary/aromatic N) is 2. The van der Waals surface area contributed by atoms with Gasteiger partial charge < -0.3 is 9.88 Å². The molecule has 110 valence electrons. The van der Waals surface area contributed by atoms with E-state index in [-0.39, 0.29) is 11.7 Å². The van der Waals surface area contributed by atoms with E-state index in [0.717, 1.165) is 30.4 Å². The Morgan fingerprint density at radius 3 is 2.95 bits per heavy atom. The molecular formula is C16H19N3O2. The van der Waals surface area contributed by atoms with Crippen LogP contribution in [0.15, 0.2) is 30.5 Å². The van der Waals surface area contributed by atoms with E-state index in [2.05, 4.69) is 4.98 Å². The fourth-order valence-electron chi connectivity index (χ4n) is 2.77. The van der Waals surface area contributed by atoms with E-state index >= 15 is 0 Å². The molecule has 1 fully saturated rings. The number of rotatable bonds is 3. The third-order valence-corrected chi connectivity index (χ3v) is 4.01. The number of carbonyl (C=O) groups excluding carboxylic acids is 2. The van der Waals surface area contributed by atoms with Crippen molar-refractivity contribution in [1.82, 2.24) is 14.8 Å². The number of amides is 1. The van der Waals surface area contributed by atoms with Gasteiger partial charge in [0.15, 0.2) is 5.78 Å². The number of H-pyrrole nitrogens is 1. The number of Topliss-reactive ketones (excluding diaryl/α,β-unsaturated/α-hetero) is 1. The summed E-state index contributed by atoms with van der Waals surface area (Å²) in [5.41, 5.74) is 1.67. The van der Waals surface area contributed by atoms with Crippen molar-refractivity contribution in [3.8, 4) is 0 Å². The van der Waals surface area contributed by atoms with Crippen LogP contribution in [0.5, 0.6) is 0 Å². The van der Waals surface area contributed by atoms with Gasteiger partial charge in [-0.25, -0.2) is 0 Å². The van der Waals surface area contributed by atoms with E-state index in [0.29, 0.717) is 18.7 Å². The molecule has 0 radical (unpaired) electrons. The van der Waals surface area contributed by atoms with Crippen molar-refractivity contribution in [1.29, 1.82) is 0 Å². The van der Waals surface area contributed by atoms with Gasteiger partial charge in [-0.2, -0.15) is 0 Å². The van der Waals surface area contributed by atoms with Crippen LogP contribution in [0.3, 0.4) is 0 Å². The first-order chi connectivity index (χ1) is 10.1. The molecule has 1 aromatic heterocycles. The molecule has 0 atom stereocenters. The standard InChI is InChI=1S/C16H19N3O2/c1-18-7-4-8-19(11-16(18)21)10-15(20)13-9-17-14-6-3-2-5-12(13)14/h2-3,5-6,9,17H,4,7-8,10-11H2,1H3. The first-order valence-electron chi connectivity index (χ1n) is 7.21. The van der Waals surface area contributed by atoms with Gasteiger partial charge in [-0.05, 0) is 12.5 Å². The fourth-order valence-corrected chi connectivity index (χ4v) is 2.77. The van der Waals surface area contributed by atoms with Crippen LogP contribution in [0.25, 0.3) is 10.9 Å². The zero-order chi connectivity index (χ0) is 14.8. The lowest BCUT2D eigenvalue weighted by Gasteiger charge is -2.18. The molecule has 1 aromatic carbocycles. The number of hydrogen-bond donors (Lipinski definition) is 1. The quantitative estimate of drug-likeness (QED) is 0.870. The van der Waals surface area contributed by atoms with Gasteiger partial charge in [-0.3, -0.25) is 14.5 Å². The summed E-state index contributed by atoms with van der Waals surface area (Å²) in [5.74, 6) is 0.143. The Labute approximate surface area is 123 Å². The van der Waals surface area contributed by atoms with Crippen LogP contribution in [0, 0.1) is 0 Å². The summed E-state index contributed by atoms with van der Waals surface area (Å²) in [5, 5.41) is 0.945. The van der Waals surface area contributed by atoms with Crippen LogP contribution in [0.2, 0.25) is 0 Å². The predicted molar refractivity (Wildman–Crippen MR) is 81.3 cm³/mol. The molecule has 0 aliphatic carbocycles. The number of nitrogens with one attached hydrogen (secondary N) is 1. The van der Waals surface area contributed by atoms with Crippen molar-refractivity contribution >= 4 is 22.6 Å². The Morgan fingerprint density at radius 1 is 1.29 bits per heavy atom. The van der Waals surface area contributed by atoms with E-state index < -0.39 is 0 Å². The molecule has 1 amide bonds. The van der Waals surface area contributed by atoms with E-state index in [9.17, 15) is 9.59 Å². The lowest BCUT2D eigenvalue weighted by Crippen LogP contribution is -2.37. The topological polar surface area (TPSA) is 56.4 Å². The lowest BCUT2D eigenvalue weighted by molar-refractivity contribution is -0.129. The van der Waals surface area contributed by atoms with Crippen LogP contribution in [0.4, 0.5) is 0 Å². The monoisotopic (exact) mass is 285 g/mol. The van der Waals surface area contributed by atoms with E-state index in [1.54, 1.807) is 11.1 Å². The highest BCUT2D eigenvalue weighted by Gasteiger charge is 2.22. The minimum atomic E-state index is 0.0600. The third-order valence-electron chi connectivity index (χ3n) is 4.01. The third kappa shape index (κ3) is 2.83. The number of ketones is 1. The number of aromatic amines is 1. The van der Waals surface area contributed by atoms with Crippen LogP contribution in [-0.4, -0.2) is 59.7 Å². The van der Waals surface area contributed by atoms with Crippen LogP contribution in [-0.2, 0) is 4.79 Å². The SMILES string of the molecule is CN1CCCN(CC(=O)c2c[nH]c3ccccc23)CC1=O. The molecule has 5 heteroatoms. The lowest BCUT2D eigenvalue weighted by atomic mass is 10.1. The highest BCUT2D eigenvalue weighted by Crippen LogP contribution is 2.18. The maximum atomic E-state index is 12.5. The van der Waals surface area contributed by atoms with E-state index in [4.69, 9.17) is 0 Å². The van der Waals surface area contributed by atoms with Gasteiger partial charge >= 0.3 is 0 Å². The first kappa shape index (κ1) is 13.8. The normalized spacial score (nSPS) is 17.2. The smallest absolute Gasteiger partial charge is 0.236 e. The Bertz CT molecular complexity index is 677. The van der Waals surface area contributed by atoms with Gasteiger partial charge in [-0.15, -0.1) is 0 Å². The number of hydrogen-bond acceptors (Lipinski definition) is 3. The van der Waals surface area contributed by atoms with Gasteiger partial charge in [0, 0.05) is 42.8 Å². The van der Waals surface area contributed by atoms with Gasteiger partial charge in [0.25, 0.3) is 0 Å². The molecule has 1 aliphatic rings. The number of carbonyl (C=O) groups is 2. The number of aromatic nitrogens is 1. The first-order valence-corrected chi connectivity index (χ1v) is 7.21. The molecule has 5 nitrogen and oxygen atoms in total. The maximum absolute atomic E-state index is 12.5. The molecule has 2 aromatic rings. The van der Waals surface area contributed by atoms with Crippen molar-refractivity contribution in [2.75, 3.05) is 33.2 Å². The highest BCUT2D eigenvalue weighted by molar-refractivity contribution is 6.08. The minimum Gasteiger partial charge on any atom is -0.360 e. The van der Waals surface area contributed by atoms with Gasteiger partial charge in [0.2, 0.25) is 5.91 Å². The summed E-state index contributed by atoms with van der Waals surface area (Å²) in [7, 11) is 1.81. The van der Waals surface area contributed by atoms with Crippen molar-refractivity contribution in [3.63, 3.8) is 0 Å². The summed E-state index contributed by atoms with van der Waals surface area (Å²) in [6.45, 7) is 2.16. The second-order valence-corrected chi connectivity index (χ2v) is 5.55. The molecule has 0 bridgehead atoms. The molecule has 2 heterocycles. The summed E-state index contributed by atoms with van der Waals surface area (Å²) in [4.78, 5) is 31.2. The summed E-state index contributed by atoms with van der Waals surface area (Å²) in [6.07, 6.45) is 2.67. The molecule has 1 aliphatic heterocycles. The second-order valence-electron chi connectivity index (χ2n) is 5.55. The second kappa shape index (κ2) is 5.69. The van der Waals surface area contributed by atoms with E-state index in [1.165, 1.54) is 0 Å². The average molecular weight is 285 g/mol.